The summed E-state index contributed by atoms with van der Waals surface area (Å²) < 4.78 is 7.12. The van der Waals surface area contributed by atoms with E-state index in [0.717, 1.165) is 17.7 Å². The molecule has 1 N–H and O–H groups in total. The van der Waals surface area contributed by atoms with Crippen molar-refractivity contribution in [2.75, 3.05) is 6.61 Å². The maximum atomic E-state index is 12.8. The Morgan fingerprint density at radius 3 is 3.04 bits per heavy atom. The van der Waals surface area contributed by atoms with Crippen molar-refractivity contribution in [3.8, 4) is 11.6 Å². The number of amides is 1. The van der Waals surface area contributed by atoms with Gasteiger partial charge in [-0.25, -0.2) is 14.6 Å². The molecule has 120 valence electrons. The van der Waals surface area contributed by atoms with Crippen LogP contribution >= 0.6 is 0 Å². The highest BCUT2D eigenvalue weighted by atomic mass is 16.5. The fourth-order valence-electron chi connectivity index (χ4n) is 2.80. The molecule has 4 rings (SSSR count). The molecule has 1 aliphatic heterocycles. The molecule has 0 radical (unpaired) electrons. The van der Waals surface area contributed by atoms with Crippen LogP contribution in [-0.2, 0) is 0 Å². The third kappa shape index (κ3) is 2.60. The average molecular weight is 321 g/mol. The van der Waals surface area contributed by atoms with Gasteiger partial charge in [-0.05, 0) is 18.2 Å². The summed E-state index contributed by atoms with van der Waals surface area (Å²) in [5.41, 5.74) is 1.44. The van der Waals surface area contributed by atoms with Crippen LogP contribution in [0.15, 0.2) is 55.2 Å². The van der Waals surface area contributed by atoms with Crippen LogP contribution in [-0.4, -0.2) is 32.3 Å². The molecular formula is C17H15N5O2. The van der Waals surface area contributed by atoms with Gasteiger partial charge in [-0.1, -0.05) is 18.2 Å². The van der Waals surface area contributed by atoms with Crippen LogP contribution in [0, 0.1) is 0 Å². The highest BCUT2D eigenvalue weighted by Gasteiger charge is 2.24. The van der Waals surface area contributed by atoms with Crippen LogP contribution in [0.1, 0.15) is 28.4 Å². The molecule has 0 spiro atoms. The summed E-state index contributed by atoms with van der Waals surface area (Å²) in [6.45, 7) is 0.574. The van der Waals surface area contributed by atoms with Gasteiger partial charge in [0.25, 0.3) is 5.91 Å². The molecule has 0 aliphatic carbocycles. The fourth-order valence-corrected chi connectivity index (χ4v) is 2.80. The van der Waals surface area contributed by atoms with Crippen molar-refractivity contribution < 1.29 is 9.53 Å². The van der Waals surface area contributed by atoms with E-state index in [2.05, 4.69) is 20.4 Å². The maximum Gasteiger partial charge on any atom is 0.255 e. The second-order valence-corrected chi connectivity index (χ2v) is 5.42. The molecule has 0 fully saturated rings. The Labute approximate surface area is 138 Å². The molecule has 1 atom stereocenters. The van der Waals surface area contributed by atoms with Crippen molar-refractivity contribution in [2.24, 2.45) is 0 Å². The van der Waals surface area contributed by atoms with Gasteiger partial charge < -0.3 is 10.1 Å². The number of pyridine rings is 1. The summed E-state index contributed by atoms with van der Waals surface area (Å²) in [4.78, 5) is 20.9. The third-order valence-corrected chi connectivity index (χ3v) is 3.93. The summed E-state index contributed by atoms with van der Waals surface area (Å²) in [5.74, 6) is 1.07. The third-order valence-electron chi connectivity index (χ3n) is 3.93. The summed E-state index contributed by atoms with van der Waals surface area (Å²) in [6.07, 6.45) is 5.27. The predicted molar refractivity (Wildman–Crippen MR) is 85.9 cm³/mol. The molecule has 3 aromatic rings. The van der Waals surface area contributed by atoms with Crippen LogP contribution in [0.4, 0.5) is 0 Å². The number of carbonyl (C=O) groups is 1. The van der Waals surface area contributed by atoms with Crippen LogP contribution in [0.25, 0.3) is 5.82 Å². The molecule has 0 saturated carbocycles. The van der Waals surface area contributed by atoms with E-state index < -0.39 is 0 Å². The molecule has 0 unspecified atom stereocenters. The Morgan fingerprint density at radius 1 is 1.25 bits per heavy atom. The van der Waals surface area contributed by atoms with E-state index in [9.17, 15) is 4.79 Å². The van der Waals surface area contributed by atoms with Crippen molar-refractivity contribution in [1.82, 2.24) is 25.1 Å². The Balaban J connectivity index is 1.63. The van der Waals surface area contributed by atoms with Crippen molar-refractivity contribution in [3.05, 3.63) is 66.4 Å². The average Bonchev–Trinajstić information content (AvgIpc) is 3.16. The largest absolute Gasteiger partial charge is 0.493 e. The molecule has 1 aromatic carbocycles. The molecule has 24 heavy (non-hydrogen) atoms. The number of aromatic nitrogens is 4. The van der Waals surface area contributed by atoms with Crippen LogP contribution in [0.2, 0.25) is 0 Å². The van der Waals surface area contributed by atoms with E-state index in [1.807, 2.05) is 24.3 Å². The van der Waals surface area contributed by atoms with Crippen molar-refractivity contribution in [2.45, 2.75) is 12.5 Å². The number of nitrogens with zero attached hydrogens (tertiary/aromatic N) is 4. The van der Waals surface area contributed by atoms with Crippen LogP contribution in [0.3, 0.4) is 0 Å². The standard InChI is InChI=1S/C17H15N5O2/c23-17(13-5-3-8-19-16(13)22-11-18-10-20-22)21-14-7-9-24-15-6-2-1-4-12(14)15/h1-6,8,10-11,14H,7,9H2,(H,21,23)/t14-/m1/s1. The first-order valence-electron chi connectivity index (χ1n) is 7.65. The first kappa shape index (κ1) is 14.4. The predicted octanol–water partition coefficient (Wildman–Crippen LogP) is 1.92. The lowest BCUT2D eigenvalue weighted by Gasteiger charge is -2.26. The van der Waals surface area contributed by atoms with E-state index in [1.165, 1.54) is 17.3 Å². The van der Waals surface area contributed by atoms with E-state index in [0.29, 0.717) is 18.0 Å². The molecule has 2 aromatic heterocycles. The minimum absolute atomic E-state index is 0.0914. The monoisotopic (exact) mass is 321 g/mol. The summed E-state index contributed by atoms with van der Waals surface area (Å²) in [5, 5.41) is 7.13. The summed E-state index contributed by atoms with van der Waals surface area (Å²) >= 11 is 0. The second-order valence-electron chi connectivity index (χ2n) is 5.42. The van der Waals surface area contributed by atoms with E-state index in [-0.39, 0.29) is 11.9 Å². The maximum absolute atomic E-state index is 12.8. The molecule has 7 heteroatoms. The number of benzene rings is 1. The van der Waals surface area contributed by atoms with Gasteiger partial charge in [-0.3, -0.25) is 4.79 Å². The molecule has 1 amide bonds. The van der Waals surface area contributed by atoms with E-state index in [4.69, 9.17) is 4.74 Å². The van der Waals surface area contributed by atoms with Gasteiger partial charge in [0.15, 0.2) is 5.82 Å². The summed E-state index contributed by atoms with van der Waals surface area (Å²) in [7, 11) is 0. The number of hydrogen-bond acceptors (Lipinski definition) is 5. The molecule has 0 bridgehead atoms. The van der Waals surface area contributed by atoms with E-state index in [1.54, 1.807) is 18.3 Å². The lowest BCUT2D eigenvalue weighted by atomic mass is 10.00. The highest BCUT2D eigenvalue weighted by molar-refractivity contribution is 5.97. The first-order valence-corrected chi connectivity index (χ1v) is 7.65. The molecule has 7 nitrogen and oxygen atoms in total. The topological polar surface area (TPSA) is 81.9 Å². The molecule has 1 aliphatic rings. The number of rotatable bonds is 3. The molecular weight excluding hydrogens is 306 g/mol. The SMILES string of the molecule is O=C(N[C@@H]1CCOc2ccccc21)c1cccnc1-n1cncn1. The lowest BCUT2D eigenvalue weighted by Crippen LogP contribution is -2.33. The van der Waals surface area contributed by atoms with Crippen LogP contribution < -0.4 is 10.1 Å². The van der Waals surface area contributed by atoms with Gasteiger partial charge in [-0.15, -0.1) is 0 Å². The Bertz CT molecular complexity index is 863. The number of carbonyl (C=O) groups excluding carboxylic acids is 1. The fraction of sp³-hybridized carbons (Fsp3) is 0.176. The van der Waals surface area contributed by atoms with Crippen molar-refractivity contribution in [1.29, 1.82) is 0 Å². The number of nitrogens with one attached hydrogen (secondary N) is 1. The first-order chi connectivity index (χ1) is 11.8. The zero-order chi connectivity index (χ0) is 16.4. The number of ether oxygens (including phenoxy) is 1. The van der Waals surface area contributed by atoms with Crippen molar-refractivity contribution in [3.63, 3.8) is 0 Å². The smallest absolute Gasteiger partial charge is 0.255 e. The van der Waals surface area contributed by atoms with Gasteiger partial charge in [-0.2, -0.15) is 5.10 Å². The molecule has 0 saturated heterocycles. The quantitative estimate of drug-likeness (QED) is 0.797. The zero-order valence-corrected chi connectivity index (χ0v) is 12.8. The number of para-hydroxylation sites is 1. The summed E-state index contributed by atoms with van der Waals surface area (Å²) in [6, 6.07) is 11.1. The minimum atomic E-state index is -0.199. The number of hydrogen-bond donors (Lipinski definition) is 1. The van der Waals surface area contributed by atoms with Gasteiger partial charge in [0.2, 0.25) is 0 Å². The van der Waals surface area contributed by atoms with Crippen LogP contribution in [0.5, 0.6) is 5.75 Å². The Morgan fingerprint density at radius 2 is 2.17 bits per heavy atom. The van der Waals surface area contributed by atoms with Gasteiger partial charge in [0.1, 0.15) is 18.4 Å². The van der Waals surface area contributed by atoms with Gasteiger partial charge >= 0.3 is 0 Å². The Kier molecular flexibility index (Phi) is 3.66. The van der Waals surface area contributed by atoms with E-state index >= 15 is 0 Å². The van der Waals surface area contributed by atoms with Gasteiger partial charge in [0, 0.05) is 18.2 Å². The Hall–Kier alpha value is -3.22. The normalized spacial score (nSPS) is 16.1. The minimum Gasteiger partial charge on any atom is -0.493 e. The van der Waals surface area contributed by atoms with Crippen molar-refractivity contribution >= 4 is 5.91 Å². The molecule has 3 heterocycles. The van der Waals surface area contributed by atoms with Gasteiger partial charge in [0.05, 0.1) is 18.2 Å². The second kappa shape index (κ2) is 6.11. The zero-order valence-electron chi connectivity index (χ0n) is 12.8. The number of fused-ring (bicyclic) bond motifs is 1. The highest BCUT2D eigenvalue weighted by Crippen LogP contribution is 2.31. The lowest BCUT2D eigenvalue weighted by molar-refractivity contribution is 0.0924.